The Morgan fingerprint density at radius 3 is 2.65 bits per heavy atom. The molecule has 0 radical (unpaired) electrons. The van der Waals surface area contributed by atoms with Gasteiger partial charge in [0, 0.05) is 64.8 Å². The molecule has 18 bridgehead atoms. The third kappa shape index (κ3) is 6.38. The Balaban J connectivity index is 0.968. The smallest absolute Gasteiger partial charge is 0.306 e. The van der Waals surface area contributed by atoms with Gasteiger partial charge in [0.1, 0.15) is 0 Å². The maximum Gasteiger partial charge on any atom is 0.306 e. The molecule has 19 rings (SSSR count). The van der Waals surface area contributed by atoms with Gasteiger partial charge >= 0.3 is 5.97 Å². The second kappa shape index (κ2) is 17.0. The number of aliphatic hydroxyl groups is 2. The van der Waals surface area contributed by atoms with Crippen molar-refractivity contribution in [2.75, 3.05) is 13.1 Å². The molecule has 15 unspecified atom stereocenters. The lowest BCUT2D eigenvalue weighted by molar-refractivity contribution is -0.174. The minimum absolute atomic E-state index is 0.00657. The highest BCUT2D eigenvalue weighted by molar-refractivity contribution is 5.84. The number of carboxylic acids is 1. The average molecular weight is 999 g/mol. The zero-order valence-corrected chi connectivity index (χ0v) is 44.3. The topological polar surface area (TPSA) is 102 Å². The quantitative estimate of drug-likeness (QED) is 0.152. The number of benzene rings is 2. The Morgan fingerprint density at radius 1 is 0.920 bits per heavy atom. The third-order valence-electron chi connectivity index (χ3n) is 24.2. The van der Waals surface area contributed by atoms with Crippen LogP contribution in [0, 0.1) is 86.3 Å². The molecule has 2 spiro atoms. The van der Waals surface area contributed by atoms with Gasteiger partial charge < -0.3 is 26.0 Å². The van der Waals surface area contributed by atoms with Crippen LogP contribution in [0.2, 0.25) is 0 Å². The van der Waals surface area contributed by atoms with Crippen LogP contribution in [0.3, 0.4) is 0 Å². The minimum atomic E-state index is -0.735. The Kier molecular flexibility index (Phi) is 10.7. The monoisotopic (exact) mass is 999 g/mol. The first-order valence-corrected chi connectivity index (χ1v) is 29.9. The first kappa shape index (κ1) is 47.1. The molecule has 2 aromatic carbocycles. The number of rotatable bonds is 2. The summed E-state index contributed by atoms with van der Waals surface area (Å²) in [7, 11) is 0. The van der Waals surface area contributed by atoms with E-state index in [0.717, 1.165) is 83.1 Å². The van der Waals surface area contributed by atoms with Crippen molar-refractivity contribution in [3.05, 3.63) is 141 Å². The van der Waals surface area contributed by atoms with Crippen LogP contribution in [0.5, 0.6) is 0 Å². The van der Waals surface area contributed by atoms with E-state index in [-0.39, 0.29) is 57.2 Å². The fraction of sp³-hybridized carbons (Fsp3) is 0.551. The molecule has 15 atom stereocenters. The molecule has 11 aliphatic carbocycles. The summed E-state index contributed by atoms with van der Waals surface area (Å²) in [6.07, 6.45) is 37.1. The van der Waals surface area contributed by atoms with Crippen molar-refractivity contribution < 1.29 is 20.1 Å². The molecule has 0 amide bonds. The average Bonchev–Trinajstić information content (AvgIpc) is 3.77. The van der Waals surface area contributed by atoms with Crippen molar-refractivity contribution in [2.24, 2.45) is 74.4 Å². The largest absolute Gasteiger partial charge is 0.481 e. The molecule has 75 heavy (non-hydrogen) atoms. The fourth-order valence-corrected chi connectivity index (χ4v) is 21.4. The first-order valence-electron chi connectivity index (χ1n) is 29.9. The van der Waals surface area contributed by atoms with E-state index in [9.17, 15) is 20.1 Å². The van der Waals surface area contributed by atoms with Crippen molar-refractivity contribution in [3.8, 4) is 11.8 Å². The standard InChI is InChI=1S/C69H78N2O4/c1-41-19-25-51(63(74)75)62-57(72)39-68-31-9-16-48(65(62,68)2)36-55-56(68)38-66-28-11-30-67-29-8-15-44-22-20-43-21-23-45(47-24-26-59(71-40-47)70-33-10-18-49(41)42-12-4-3-5-13-42)34-52(43)60(44)61-50-17-7-6-14-46(50)35-54(53(61)37-66)69(55,64(66)67)32-27-58(67)73/h6-7,11,14,17,20-24,26,28,34-35,37,42,44,48-49,51,54,57-58,60,62,64,70-73H,1,3-5,9-10,12-13,16,18-19,25,27,29-33,36,38-40H2,2H3,(H,74,75). The molecule has 6 heteroatoms. The molecular formula is C69H78N2O4. The molecule has 6 aliphatic heterocycles. The maximum atomic E-state index is 14.2. The van der Waals surface area contributed by atoms with Gasteiger partial charge in [0.25, 0.3) is 0 Å². The minimum Gasteiger partial charge on any atom is -0.481 e. The van der Waals surface area contributed by atoms with Gasteiger partial charge in [-0.2, -0.15) is 0 Å². The predicted octanol–water partition coefficient (Wildman–Crippen LogP) is 11.4. The molecule has 6 heterocycles. The molecule has 0 saturated heterocycles. The Bertz CT molecular complexity index is 3220. The van der Waals surface area contributed by atoms with Gasteiger partial charge in [-0.25, -0.2) is 0 Å². The first-order chi connectivity index (χ1) is 36.5. The van der Waals surface area contributed by atoms with E-state index >= 15 is 0 Å². The second-order valence-corrected chi connectivity index (χ2v) is 26.9. The molecule has 6 nitrogen and oxygen atoms in total. The summed E-state index contributed by atoms with van der Waals surface area (Å²) >= 11 is 0. The lowest BCUT2D eigenvalue weighted by Gasteiger charge is -2.74. The van der Waals surface area contributed by atoms with Crippen molar-refractivity contribution in [2.45, 2.75) is 147 Å². The van der Waals surface area contributed by atoms with Crippen LogP contribution >= 0.6 is 0 Å². The van der Waals surface area contributed by atoms with Gasteiger partial charge in [-0.15, -0.1) is 5.92 Å². The zero-order chi connectivity index (χ0) is 50.6. The number of carbonyl (C=O) groups is 1. The number of aliphatic carboxylic acids is 1. The summed E-state index contributed by atoms with van der Waals surface area (Å²) in [5.74, 6) is 8.76. The summed E-state index contributed by atoms with van der Waals surface area (Å²) in [5, 5.41) is 47.8. The number of nitrogens with one attached hydrogen (secondary N) is 2. The molecule has 4 saturated carbocycles. The number of aliphatic hydroxyl groups excluding tert-OH is 2. The number of hydrogen-bond acceptors (Lipinski definition) is 5. The van der Waals surface area contributed by atoms with Crippen LogP contribution in [0.25, 0.3) is 23.3 Å². The molecule has 5 N–H and O–H groups in total. The van der Waals surface area contributed by atoms with Crippen LogP contribution in [-0.4, -0.2) is 46.6 Å². The van der Waals surface area contributed by atoms with Crippen LogP contribution in [0.1, 0.15) is 152 Å². The van der Waals surface area contributed by atoms with Gasteiger partial charge in [-0.3, -0.25) is 4.79 Å². The van der Waals surface area contributed by atoms with Gasteiger partial charge in [0.15, 0.2) is 0 Å². The van der Waals surface area contributed by atoms with Gasteiger partial charge in [-0.1, -0.05) is 147 Å². The van der Waals surface area contributed by atoms with Gasteiger partial charge in [0.2, 0.25) is 0 Å². The lowest BCUT2D eigenvalue weighted by atomic mass is 9.29. The number of allylic oxidation sites excluding steroid dienone is 10. The highest BCUT2D eigenvalue weighted by atomic mass is 16.4. The second-order valence-electron chi connectivity index (χ2n) is 26.9. The summed E-state index contributed by atoms with van der Waals surface area (Å²) in [6, 6.07) is 16.5. The highest BCUT2D eigenvalue weighted by Crippen LogP contribution is 2.83. The van der Waals surface area contributed by atoms with Gasteiger partial charge in [-0.05, 0) is 169 Å². The normalized spacial score (nSPS) is 42.7. The Hall–Kier alpha value is -5.09. The highest BCUT2D eigenvalue weighted by Gasteiger charge is 2.77. The van der Waals surface area contributed by atoms with Crippen molar-refractivity contribution in [3.63, 3.8) is 0 Å². The van der Waals surface area contributed by atoms with E-state index in [2.05, 4.69) is 120 Å². The number of dihydropyridines is 1. The number of carboxylic acid groups (broad SMARTS) is 1. The summed E-state index contributed by atoms with van der Waals surface area (Å²) in [6.45, 7) is 8.96. The molecule has 17 aliphatic rings. The summed E-state index contributed by atoms with van der Waals surface area (Å²) in [4.78, 5) is 14.2. The van der Waals surface area contributed by atoms with E-state index in [0.29, 0.717) is 37.5 Å². The fourth-order valence-electron chi connectivity index (χ4n) is 21.4. The summed E-state index contributed by atoms with van der Waals surface area (Å²) in [5.41, 5.74) is 10.8. The Labute approximate surface area is 445 Å². The van der Waals surface area contributed by atoms with E-state index in [1.54, 1.807) is 11.1 Å². The Morgan fingerprint density at radius 2 is 1.80 bits per heavy atom. The van der Waals surface area contributed by atoms with Crippen LogP contribution < -0.4 is 21.1 Å². The van der Waals surface area contributed by atoms with Crippen molar-refractivity contribution >= 4 is 29.3 Å². The van der Waals surface area contributed by atoms with E-state index in [4.69, 9.17) is 6.58 Å². The van der Waals surface area contributed by atoms with E-state index in [1.165, 1.54) is 81.5 Å². The molecule has 0 aromatic heterocycles. The van der Waals surface area contributed by atoms with Crippen molar-refractivity contribution in [1.29, 1.82) is 0 Å². The van der Waals surface area contributed by atoms with Crippen LogP contribution in [0.4, 0.5) is 0 Å². The molecule has 388 valence electrons. The van der Waals surface area contributed by atoms with Gasteiger partial charge in [0.05, 0.1) is 23.9 Å². The lowest BCUT2D eigenvalue weighted by Crippen LogP contribution is -2.69. The van der Waals surface area contributed by atoms with Crippen molar-refractivity contribution in [1.82, 2.24) is 10.6 Å². The maximum absolute atomic E-state index is 14.2. The number of hydrogen-bond donors (Lipinski definition) is 5. The summed E-state index contributed by atoms with van der Waals surface area (Å²) < 4.78 is 0. The molecule has 2 aromatic rings. The van der Waals surface area contributed by atoms with Crippen LogP contribution in [0.15, 0.2) is 114 Å². The predicted molar refractivity (Wildman–Crippen MR) is 298 cm³/mol. The SMILES string of the molecule is C=C1CCC(C(=O)O)C2C(O)CC34CCCC(CC5=C3CC36C=CCC78CC#CC9C=Cc%10ccc(cc%10C9C9=c%10ccccc%10=CC(C9=C3)C5(CCC7O)C68)C3=CC=C(NCCCC1C1CCCCC1)NC3)C24C. The zero-order valence-electron chi connectivity index (χ0n) is 44.3. The van der Waals surface area contributed by atoms with Crippen LogP contribution in [-0.2, 0) is 4.79 Å². The van der Waals surface area contributed by atoms with E-state index < -0.39 is 29.5 Å². The molecular weight excluding hydrogens is 921 g/mol. The number of fused-ring (bicyclic) bond motifs is 1. The molecule has 4 fully saturated rings. The van der Waals surface area contributed by atoms with E-state index in [1.807, 2.05) is 0 Å². The third-order valence-corrected chi connectivity index (χ3v) is 24.2.